The number of aliphatic hydroxyl groups excluding tert-OH is 1. The highest BCUT2D eigenvalue weighted by Crippen LogP contribution is 2.56. The summed E-state index contributed by atoms with van der Waals surface area (Å²) in [6, 6.07) is 0. The van der Waals surface area contributed by atoms with Gasteiger partial charge in [0.25, 0.3) is 0 Å². The van der Waals surface area contributed by atoms with Crippen LogP contribution in [0.5, 0.6) is 0 Å². The molecule has 1 rings (SSSR count). The summed E-state index contributed by atoms with van der Waals surface area (Å²) in [6.07, 6.45) is 16.6. The van der Waals surface area contributed by atoms with Crippen LogP contribution in [-0.4, -0.2) is 16.7 Å². The molecule has 0 aromatic rings. The smallest absolute Gasteiger partial charge is 0.0555 e. The van der Waals surface area contributed by atoms with Crippen LogP contribution in [0.15, 0.2) is 0 Å². The van der Waals surface area contributed by atoms with Gasteiger partial charge >= 0.3 is 0 Å². The van der Waals surface area contributed by atoms with E-state index in [-0.39, 0.29) is 17.1 Å². The molecular weight excluding hydrogens is 438 g/mol. The van der Waals surface area contributed by atoms with Crippen LogP contribution in [0.25, 0.3) is 0 Å². The van der Waals surface area contributed by atoms with E-state index in [0.717, 1.165) is 42.9 Å². The molecule has 216 valence electrons. The van der Waals surface area contributed by atoms with Crippen molar-refractivity contribution in [2.75, 3.05) is 0 Å². The second-order valence-corrected chi connectivity index (χ2v) is 14.1. The highest BCUT2D eigenvalue weighted by Gasteiger charge is 2.54. The van der Waals surface area contributed by atoms with Gasteiger partial charge in [-0.25, -0.2) is 0 Å². The Morgan fingerprint density at radius 1 is 0.833 bits per heavy atom. The van der Waals surface area contributed by atoms with Crippen molar-refractivity contribution in [1.82, 2.24) is 0 Å². The molecular formula is C34H69NO. The maximum atomic E-state index is 11.0. The lowest BCUT2D eigenvalue weighted by Gasteiger charge is -2.53. The average Bonchev–Trinajstić information content (AvgIpc) is 2.95. The Hall–Kier alpha value is -0.0800. The fourth-order valence-corrected chi connectivity index (χ4v) is 8.09. The van der Waals surface area contributed by atoms with E-state index in [1.807, 2.05) is 0 Å². The Morgan fingerprint density at radius 3 is 2.00 bits per heavy atom. The van der Waals surface area contributed by atoms with Gasteiger partial charge in [-0.1, -0.05) is 114 Å². The van der Waals surface area contributed by atoms with Gasteiger partial charge in [-0.15, -0.1) is 0 Å². The molecule has 0 amide bonds. The first-order valence-electron chi connectivity index (χ1n) is 16.4. The molecule has 2 heteroatoms. The minimum absolute atomic E-state index is 0.116. The van der Waals surface area contributed by atoms with Crippen molar-refractivity contribution in [3.05, 3.63) is 0 Å². The van der Waals surface area contributed by atoms with Gasteiger partial charge < -0.3 is 10.8 Å². The van der Waals surface area contributed by atoms with Crippen molar-refractivity contribution < 1.29 is 5.11 Å². The lowest BCUT2D eigenvalue weighted by atomic mass is 9.55. The Balaban J connectivity index is 3.31. The van der Waals surface area contributed by atoms with E-state index >= 15 is 0 Å². The molecule has 0 heterocycles. The summed E-state index contributed by atoms with van der Waals surface area (Å²) in [5.74, 6) is 5.06. The molecule has 9 unspecified atom stereocenters. The molecule has 0 bridgehead atoms. The molecule has 2 nitrogen and oxygen atoms in total. The molecule has 1 saturated carbocycles. The van der Waals surface area contributed by atoms with E-state index in [9.17, 15) is 5.11 Å². The van der Waals surface area contributed by atoms with E-state index in [1.165, 1.54) is 70.6 Å². The maximum absolute atomic E-state index is 11.0. The lowest BCUT2D eigenvalue weighted by molar-refractivity contribution is -0.0117. The molecule has 3 N–H and O–H groups in total. The van der Waals surface area contributed by atoms with Gasteiger partial charge in [-0.2, -0.15) is 0 Å². The number of hydrogen-bond donors (Lipinski definition) is 2. The predicted molar refractivity (Wildman–Crippen MR) is 161 cm³/mol. The van der Waals surface area contributed by atoms with Crippen LogP contribution in [0.3, 0.4) is 0 Å². The summed E-state index contributed by atoms with van der Waals surface area (Å²) in [4.78, 5) is 0. The molecule has 1 fully saturated rings. The Labute approximate surface area is 228 Å². The zero-order chi connectivity index (χ0) is 27.5. The molecule has 1 aliphatic carbocycles. The first kappa shape index (κ1) is 33.9. The molecule has 1 aliphatic rings. The normalized spacial score (nSPS) is 31.6. The number of rotatable bonds is 17. The van der Waals surface area contributed by atoms with Crippen molar-refractivity contribution in [3.63, 3.8) is 0 Å². The van der Waals surface area contributed by atoms with E-state index < -0.39 is 0 Å². The lowest BCUT2D eigenvalue weighted by Crippen LogP contribution is -2.60. The minimum Gasteiger partial charge on any atom is -0.393 e. The molecule has 0 aromatic carbocycles. The molecule has 9 atom stereocenters. The van der Waals surface area contributed by atoms with Crippen molar-refractivity contribution in [2.24, 2.45) is 52.6 Å². The zero-order valence-electron chi connectivity index (χ0n) is 26.5. The molecule has 0 aromatic heterocycles. The van der Waals surface area contributed by atoms with Gasteiger partial charge in [0.2, 0.25) is 0 Å². The third-order valence-electron chi connectivity index (χ3n) is 11.1. The Kier molecular flexibility index (Phi) is 15.2. The summed E-state index contributed by atoms with van der Waals surface area (Å²) in [6.45, 7) is 23.9. The zero-order valence-corrected chi connectivity index (χ0v) is 26.5. The highest BCUT2D eigenvalue weighted by molar-refractivity contribution is 5.09. The molecule has 0 spiro atoms. The number of hydrogen-bond acceptors (Lipinski definition) is 2. The van der Waals surface area contributed by atoms with Crippen molar-refractivity contribution >= 4 is 0 Å². The molecule has 0 radical (unpaired) electrons. The van der Waals surface area contributed by atoms with E-state index in [4.69, 9.17) is 5.73 Å². The van der Waals surface area contributed by atoms with Gasteiger partial charge in [-0.05, 0) is 91.8 Å². The monoisotopic (exact) mass is 508 g/mol. The van der Waals surface area contributed by atoms with Crippen molar-refractivity contribution in [1.29, 1.82) is 0 Å². The quantitative estimate of drug-likeness (QED) is 0.192. The van der Waals surface area contributed by atoms with Crippen LogP contribution in [0.2, 0.25) is 0 Å². The summed E-state index contributed by atoms with van der Waals surface area (Å²) < 4.78 is 0. The van der Waals surface area contributed by atoms with Crippen LogP contribution in [-0.2, 0) is 0 Å². The van der Waals surface area contributed by atoms with Gasteiger partial charge in [0.05, 0.1) is 6.10 Å². The van der Waals surface area contributed by atoms with Crippen LogP contribution in [0.1, 0.15) is 159 Å². The second kappa shape index (κ2) is 16.1. The van der Waals surface area contributed by atoms with Crippen LogP contribution in [0, 0.1) is 46.8 Å². The van der Waals surface area contributed by atoms with E-state index in [0.29, 0.717) is 17.8 Å². The molecule has 36 heavy (non-hydrogen) atoms. The first-order valence-corrected chi connectivity index (χ1v) is 16.4. The third-order valence-corrected chi connectivity index (χ3v) is 11.1. The summed E-state index contributed by atoms with van der Waals surface area (Å²) in [7, 11) is 0. The first-order chi connectivity index (χ1) is 16.9. The van der Waals surface area contributed by atoms with Crippen LogP contribution in [0.4, 0.5) is 0 Å². The summed E-state index contributed by atoms with van der Waals surface area (Å²) in [5, 5.41) is 11.0. The van der Waals surface area contributed by atoms with Gasteiger partial charge in [-0.3, -0.25) is 0 Å². The Bertz CT molecular complexity index is 576. The topological polar surface area (TPSA) is 46.2 Å². The molecule has 0 aliphatic heterocycles. The van der Waals surface area contributed by atoms with Crippen LogP contribution < -0.4 is 5.73 Å². The van der Waals surface area contributed by atoms with Gasteiger partial charge in [0, 0.05) is 5.54 Å². The highest BCUT2D eigenvalue weighted by atomic mass is 16.3. The van der Waals surface area contributed by atoms with Gasteiger partial charge in [0.15, 0.2) is 0 Å². The van der Waals surface area contributed by atoms with Crippen molar-refractivity contribution in [2.45, 2.75) is 171 Å². The number of aliphatic hydroxyl groups is 1. The minimum atomic E-state index is -0.288. The fourth-order valence-electron chi connectivity index (χ4n) is 8.09. The SMILES string of the molecule is CCCC(C)CC(C)C1CC(N)(CC(O)CC)C(CCC(C)CCC(C)CC)(C(C)C)CCC1CC. The third kappa shape index (κ3) is 9.29. The van der Waals surface area contributed by atoms with E-state index in [2.05, 4.69) is 69.2 Å². The van der Waals surface area contributed by atoms with E-state index in [1.54, 1.807) is 0 Å². The predicted octanol–water partition coefficient (Wildman–Crippen LogP) is 10.0. The van der Waals surface area contributed by atoms with Crippen molar-refractivity contribution in [3.8, 4) is 0 Å². The summed E-state index contributed by atoms with van der Waals surface area (Å²) >= 11 is 0. The second-order valence-electron chi connectivity index (χ2n) is 14.1. The Morgan fingerprint density at radius 2 is 1.47 bits per heavy atom. The molecule has 0 saturated heterocycles. The standard InChI is InChI=1S/C34H69NO/c1-11-15-28(9)22-29(10)32-24-34(35,23-31(36)14-4)33(25(5)6,21-19-30(32)13-3)20-18-27(8)17-16-26(7)12-2/h25-32,36H,11-24,35H2,1-10H3. The summed E-state index contributed by atoms with van der Waals surface area (Å²) in [5.41, 5.74) is 7.55. The fraction of sp³-hybridized carbons (Fsp3) is 1.00. The van der Waals surface area contributed by atoms with Gasteiger partial charge in [0.1, 0.15) is 0 Å². The van der Waals surface area contributed by atoms with Crippen LogP contribution >= 0.6 is 0 Å². The number of nitrogens with two attached hydrogens (primary N) is 1. The maximum Gasteiger partial charge on any atom is 0.0555 e. The largest absolute Gasteiger partial charge is 0.393 e. The average molecular weight is 508 g/mol.